The molecule has 0 amide bonds. The zero-order chi connectivity index (χ0) is 31.5. The van der Waals surface area contributed by atoms with Gasteiger partial charge in [-0.05, 0) is 59.5 Å². The average molecular weight is 596 g/mol. The summed E-state index contributed by atoms with van der Waals surface area (Å²) in [7, 11) is 0. The lowest BCUT2D eigenvalue weighted by Gasteiger charge is -2.09. The normalized spacial score (nSPS) is 11.9. The van der Waals surface area contributed by atoms with Crippen molar-refractivity contribution in [3.05, 3.63) is 169 Å². The van der Waals surface area contributed by atoms with E-state index in [4.69, 9.17) is 5.73 Å². The van der Waals surface area contributed by atoms with Crippen LogP contribution in [0.25, 0.3) is 66.2 Å². The summed E-state index contributed by atoms with van der Waals surface area (Å²) in [6, 6.07) is 51.5. The van der Waals surface area contributed by atoms with Crippen LogP contribution in [0.5, 0.6) is 0 Å². The molecule has 224 valence electrons. The van der Waals surface area contributed by atoms with E-state index < -0.39 is 0 Å². The van der Waals surface area contributed by atoms with Gasteiger partial charge in [-0.1, -0.05) is 141 Å². The number of aromatic nitrogens is 2. The highest BCUT2D eigenvalue weighted by Crippen LogP contribution is 2.41. The Bertz CT molecular complexity index is 2350. The highest BCUT2D eigenvalue weighted by Gasteiger charge is 2.20. The predicted molar refractivity (Wildman–Crippen MR) is 198 cm³/mol. The van der Waals surface area contributed by atoms with Gasteiger partial charge in [0.15, 0.2) is 0 Å². The number of nitrogens with two attached hydrogens (primary N) is 1. The van der Waals surface area contributed by atoms with E-state index in [0.717, 1.165) is 28.7 Å². The van der Waals surface area contributed by atoms with Gasteiger partial charge in [0.05, 0.1) is 22.1 Å². The fourth-order valence-electron chi connectivity index (χ4n) is 6.59. The van der Waals surface area contributed by atoms with Gasteiger partial charge in [0.2, 0.25) is 0 Å². The van der Waals surface area contributed by atoms with E-state index in [1.54, 1.807) is 0 Å². The Labute approximate surface area is 270 Å². The Morgan fingerprint density at radius 2 is 1.24 bits per heavy atom. The topological polar surface area (TPSA) is 35.9 Å². The molecule has 0 saturated carbocycles. The Kier molecular flexibility index (Phi) is 7.97. The molecular weight excluding hydrogens is 558 g/mol. The van der Waals surface area contributed by atoms with Crippen molar-refractivity contribution in [2.45, 2.75) is 20.3 Å². The van der Waals surface area contributed by atoms with Crippen LogP contribution in [0.15, 0.2) is 164 Å². The Balaban J connectivity index is 0.00000166. The molecule has 3 nitrogen and oxygen atoms in total. The zero-order valence-corrected chi connectivity index (χ0v) is 26.3. The Hall–Kier alpha value is -5.80. The largest absolute Gasteiger partial charge is 0.385 e. The van der Waals surface area contributed by atoms with Crippen molar-refractivity contribution in [3.63, 3.8) is 0 Å². The second kappa shape index (κ2) is 12.7. The molecule has 0 unspecified atom stereocenters. The van der Waals surface area contributed by atoms with E-state index in [9.17, 15) is 0 Å². The smallest absolute Gasteiger partial charge is 0.108 e. The van der Waals surface area contributed by atoms with E-state index in [1.807, 2.05) is 19.9 Å². The van der Waals surface area contributed by atoms with E-state index in [0.29, 0.717) is 5.82 Å². The predicted octanol–water partition coefficient (Wildman–Crippen LogP) is 11.1. The SMILES string of the molecule is CC.N/C(=C\C=C/Cc1cccc(-c2ccccc2)c1)n1c2ccccc2c2ccc3c(c4ccccc4n3-c3ccccc3)c21. The van der Waals surface area contributed by atoms with E-state index >= 15 is 0 Å². The second-order valence-electron chi connectivity index (χ2n) is 11.2. The third kappa shape index (κ3) is 5.06. The third-order valence-corrected chi connectivity index (χ3v) is 8.53. The van der Waals surface area contributed by atoms with Crippen LogP contribution in [0, 0.1) is 0 Å². The van der Waals surface area contributed by atoms with Crippen LogP contribution in [0.3, 0.4) is 0 Å². The summed E-state index contributed by atoms with van der Waals surface area (Å²) in [5.41, 5.74) is 16.4. The zero-order valence-electron chi connectivity index (χ0n) is 26.3. The van der Waals surface area contributed by atoms with Crippen LogP contribution in [-0.2, 0) is 6.42 Å². The van der Waals surface area contributed by atoms with Crippen LogP contribution in [0.2, 0.25) is 0 Å². The molecule has 2 aromatic heterocycles. The highest BCUT2D eigenvalue weighted by molar-refractivity contribution is 6.26. The minimum Gasteiger partial charge on any atom is -0.385 e. The first-order valence-electron chi connectivity index (χ1n) is 16.1. The summed E-state index contributed by atoms with van der Waals surface area (Å²) >= 11 is 0. The molecule has 0 atom stereocenters. The minimum absolute atomic E-state index is 0.689. The fraction of sp³-hybridized carbons (Fsp3) is 0.0698. The average Bonchev–Trinajstić information content (AvgIpc) is 3.65. The van der Waals surface area contributed by atoms with Crippen molar-refractivity contribution < 1.29 is 0 Å². The highest BCUT2D eigenvalue weighted by atomic mass is 15.1. The van der Waals surface area contributed by atoms with Crippen LogP contribution in [0.1, 0.15) is 19.4 Å². The van der Waals surface area contributed by atoms with Crippen molar-refractivity contribution in [2.24, 2.45) is 5.73 Å². The van der Waals surface area contributed by atoms with E-state index in [2.05, 4.69) is 167 Å². The fourth-order valence-corrected chi connectivity index (χ4v) is 6.59. The van der Waals surface area contributed by atoms with Gasteiger partial charge in [-0.15, -0.1) is 0 Å². The molecule has 0 spiro atoms. The molecule has 8 aromatic rings. The maximum Gasteiger partial charge on any atom is 0.108 e. The number of hydrogen-bond acceptors (Lipinski definition) is 1. The van der Waals surface area contributed by atoms with E-state index in [-0.39, 0.29) is 0 Å². The summed E-state index contributed by atoms with van der Waals surface area (Å²) in [6.07, 6.45) is 7.12. The standard InChI is InChI=1S/C41H31N3.C2H6/c42-39(25-12-7-14-29-15-13-18-31(28-29)30-16-3-1-4-17-30)44-36-23-10-8-21-33(36)34-26-27-38-40(41(34)44)35-22-9-11-24-37(35)43(38)32-19-5-2-6-20-32;1-2/h1-13,15-28H,14,42H2;1-2H3/b12-7-,39-25+;. The number of para-hydroxylation sites is 3. The minimum atomic E-state index is 0.689. The summed E-state index contributed by atoms with van der Waals surface area (Å²) < 4.78 is 4.59. The summed E-state index contributed by atoms with van der Waals surface area (Å²) in [4.78, 5) is 0. The van der Waals surface area contributed by atoms with Gasteiger partial charge in [0.1, 0.15) is 5.82 Å². The first kappa shape index (κ1) is 28.9. The molecule has 3 heteroatoms. The van der Waals surface area contributed by atoms with Gasteiger partial charge >= 0.3 is 0 Å². The molecule has 0 aliphatic heterocycles. The van der Waals surface area contributed by atoms with Gasteiger partial charge in [0.25, 0.3) is 0 Å². The molecule has 0 aliphatic carbocycles. The Morgan fingerprint density at radius 1 is 0.587 bits per heavy atom. The lowest BCUT2D eigenvalue weighted by Crippen LogP contribution is -2.05. The van der Waals surface area contributed by atoms with Crippen molar-refractivity contribution in [3.8, 4) is 16.8 Å². The maximum atomic E-state index is 6.97. The van der Waals surface area contributed by atoms with Crippen LogP contribution >= 0.6 is 0 Å². The molecule has 0 saturated heterocycles. The van der Waals surface area contributed by atoms with Crippen LogP contribution in [-0.4, -0.2) is 9.13 Å². The molecule has 0 fully saturated rings. The molecule has 6 aromatic carbocycles. The van der Waals surface area contributed by atoms with Crippen LogP contribution < -0.4 is 5.73 Å². The van der Waals surface area contributed by atoms with Crippen LogP contribution in [0.4, 0.5) is 0 Å². The molecule has 2 N–H and O–H groups in total. The van der Waals surface area contributed by atoms with Gasteiger partial charge in [-0.2, -0.15) is 0 Å². The number of fused-ring (bicyclic) bond motifs is 7. The number of hydrogen-bond donors (Lipinski definition) is 1. The van der Waals surface area contributed by atoms with E-state index in [1.165, 1.54) is 43.8 Å². The summed E-state index contributed by atoms with van der Waals surface area (Å²) in [6.45, 7) is 4.00. The van der Waals surface area contributed by atoms with Crippen molar-refractivity contribution >= 4 is 49.4 Å². The summed E-state index contributed by atoms with van der Waals surface area (Å²) in [5, 5.41) is 4.81. The number of allylic oxidation sites excluding steroid dienone is 3. The Morgan fingerprint density at radius 3 is 2.02 bits per heavy atom. The molecular formula is C43H37N3. The molecule has 2 heterocycles. The van der Waals surface area contributed by atoms with Gasteiger partial charge in [-0.25, -0.2) is 0 Å². The lowest BCUT2D eigenvalue weighted by atomic mass is 10.0. The molecule has 0 bridgehead atoms. The number of nitrogens with zero attached hydrogens (tertiary/aromatic N) is 2. The second-order valence-corrected chi connectivity index (χ2v) is 11.2. The van der Waals surface area contributed by atoms with Gasteiger partial charge < -0.3 is 10.3 Å². The van der Waals surface area contributed by atoms with Crippen molar-refractivity contribution in [1.29, 1.82) is 0 Å². The quantitative estimate of drug-likeness (QED) is 0.191. The maximum absolute atomic E-state index is 6.97. The first-order chi connectivity index (χ1) is 22.8. The van der Waals surface area contributed by atoms with Gasteiger partial charge in [-0.3, -0.25) is 4.57 Å². The van der Waals surface area contributed by atoms with Crippen molar-refractivity contribution in [1.82, 2.24) is 9.13 Å². The van der Waals surface area contributed by atoms with Gasteiger partial charge in [0, 0.05) is 27.2 Å². The molecule has 8 rings (SSSR count). The molecule has 0 radical (unpaired) electrons. The first-order valence-corrected chi connectivity index (χ1v) is 16.1. The number of rotatable bonds is 6. The van der Waals surface area contributed by atoms with Crippen molar-refractivity contribution in [2.75, 3.05) is 0 Å². The molecule has 46 heavy (non-hydrogen) atoms. The number of benzene rings is 6. The monoisotopic (exact) mass is 595 g/mol. The third-order valence-electron chi connectivity index (χ3n) is 8.53. The molecule has 0 aliphatic rings. The summed E-state index contributed by atoms with van der Waals surface area (Å²) in [5.74, 6) is 0.689. The lowest BCUT2D eigenvalue weighted by molar-refractivity contribution is 1.17.